The average molecular weight is 741 g/mol. The molecule has 3 aliphatic rings. The van der Waals surface area contributed by atoms with Gasteiger partial charge in [-0.3, -0.25) is 4.79 Å². The summed E-state index contributed by atoms with van der Waals surface area (Å²) in [4.78, 5) is 26.9. The molecule has 1 aromatic rings. The molecule has 0 radical (unpaired) electrons. The summed E-state index contributed by atoms with van der Waals surface area (Å²) in [5.41, 5.74) is 3.33. The highest BCUT2D eigenvalue weighted by atomic mass is 28.4. The largest absolute Gasteiger partial charge is 0.478 e. The van der Waals surface area contributed by atoms with Gasteiger partial charge in [0.1, 0.15) is 18.0 Å². The van der Waals surface area contributed by atoms with Gasteiger partial charge >= 0.3 is 11.9 Å². The highest BCUT2D eigenvalue weighted by molar-refractivity contribution is 6.74. The van der Waals surface area contributed by atoms with E-state index in [-0.39, 0.29) is 64.2 Å². The van der Waals surface area contributed by atoms with E-state index >= 15 is 0 Å². The van der Waals surface area contributed by atoms with Gasteiger partial charge in [0.05, 0.1) is 18.6 Å². The van der Waals surface area contributed by atoms with Gasteiger partial charge in [0, 0.05) is 18.8 Å². The second-order valence-corrected chi connectivity index (χ2v) is 28.1. The van der Waals surface area contributed by atoms with Gasteiger partial charge in [-0.15, -0.1) is 0 Å². The van der Waals surface area contributed by atoms with Crippen molar-refractivity contribution in [2.75, 3.05) is 0 Å². The van der Waals surface area contributed by atoms with Crippen molar-refractivity contribution in [3.63, 3.8) is 0 Å². The molecule has 9 heteroatoms. The molecule has 1 saturated heterocycles. The minimum Gasteiger partial charge on any atom is -0.478 e. The first kappa shape index (κ1) is 41.5. The maximum Gasteiger partial charge on any atom is 0.347 e. The zero-order valence-electron chi connectivity index (χ0n) is 34.2. The topological polar surface area (TPSA) is 80.3 Å². The number of esters is 2. The number of ether oxygens (including phenoxy) is 3. The summed E-state index contributed by atoms with van der Waals surface area (Å²) in [6.07, 6.45) is 8.98. The van der Waals surface area contributed by atoms with Crippen molar-refractivity contribution in [2.45, 2.75) is 175 Å². The zero-order chi connectivity index (χ0) is 38.1. The predicted molar refractivity (Wildman–Crippen MR) is 211 cm³/mol. The summed E-state index contributed by atoms with van der Waals surface area (Å²) in [6, 6.07) is 5.93. The Morgan fingerprint density at radius 3 is 2.24 bits per heavy atom. The molecule has 4 rings (SSSR count). The number of carbonyl (C=O) groups excluding carboxylic acids is 2. The molecule has 51 heavy (non-hydrogen) atoms. The third kappa shape index (κ3) is 10.1. The second-order valence-electron chi connectivity index (χ2n) is 18.5. The number of hydrogen-bond donors (Lipinski definition) is 0. The third-order valence-electron chi connectivity index (χ3n) is 12.6. The van der Waals surface area contributed by atoms with E-state index in [1.165, 1.54) is 5.57 Å². The Hall–Kier alpha value is -2.21. The summed E-state index contributed by atoms with van der Waals surface area (Å²) >= 11 is 0. The lowest BCUT2D eigenvalue weighted by Gasteiger charge is -2.46. The number of aryl methyl sites for hydroxylation is 1. The first-order valence-electron chi connectivity index (χ1n) is 19.4. The maximum atomic E-state index is 14.0. The van der Waals surface area contributed by atoms with Gasteiger partial charge in [0.15, 0.2) is 22.7 Å². The second kappa shape index (κ2) is 16.0. The molecule has 0 N–H and O–H groups in total. The average Bonchev–Trinajstić information content (AvgIpc) is 2.99. The highest BCUT2D eigenvalue weighted by Gasteiger charge is 2.47. The van der Waals surface area contributed by atoms with Crippen LogP contribution in [0.1, 0.15) is 105 Å². The molecule has 1 fully saturated rings. The predicted octanol–water partition coefficient (Wildman–Crippen LogP) is 10.4. The Kier molecular flexibility index (Phi) is 13.1. The number of hydrogen-bond acceptors (Lipinski definition) is 7. The molecule has 5 unspecified atom stereocenters. The van der Waals surface area contributed by atoms with E-state index in [2.05, 4.69) is 92.9 Å². The van der Waals surface area contributed by atoms with E-state index in [1.54, 1.807) is 0 Å². The Balaban J connectivity index is 1.58. The monoisotopic (exact) mass is 740 g/mol. The number of benzene rings is 1. The third-order valence-corrected chi connectivity index (χ3v) is 21.7. The minimum atomic E-state index is -2.11. The molecule has 2 aliphatic carbocycles. The molecule has 286 valence electrons. The van der Waals surface area contributed by atoms with Crippen LogP contribution in [-0.2, 0) is 27.9 Å². The van der Waals surface area contributed by atoms with Crippen LogP contribution in [0.25, 0.3) is 0 Å². The lowest BCUT2D eigenvalue weighted by molar-refractivity contribution is -0.164. The van der Waals surface area contributed by atoms with Crippen LogP contribution in [0.3, 0.4) is 0 Å². The van der Waals surface area contributed by atoms with Crippen molar-refractivity contribution in [2.24, 2.45) is 17.8 Å². The summed E-state index contributed by atoms with van der Waals surface area (Å²) < 4.78 is 32.5. The molecule has 7 nitrogen and oxygen atoms in total. The summed E-state index contributed by atoms with van der Waals surface area (Å²) in [6.45, 7) is 30.8. The molecule has 0 saturated carbocycles. The van der Waals surface area contributed by atoms with Crippen molar-refractivity contribution < 1.29 is 32.7 Å². The van der Waals surface area contributed by atoms with Crippen molar-refractivity contribution in [3.05, 3.63) is 53.1 Å². The highest BCUT2D eigenvalue weighted by Crippen LogP contribution is 2.47. The fourth-order valence-corrected chi connectivity index (χ4v) is 9.86. The lowest BCUT2D eigenvalue weighted by atomic mass is 9.66. The number of allylic oxidation sites excluding steroid dienone is 2. The number of cyclic esters (lactones) is 1. The van der Waals surface area contributed by atoms with Gasteiger partial charge in [-0.05, 0) is 104 Å². The molecule has 0 spiro atoms. The van der Waals surface area contributed by atoms with Gasteiger partial charge in [-0.1, -0.05) is 85.8 Å². The van der Waals surface area contributed by atoms with Crippen LogP contribution in [0.15, 0.2) is 42.0 Å². The standard InChI is InChI=1S/C42H68O7Si2/c1-15-35(46-36-18-16-17-27(2)29(36)4)40(44)47-37-25-32(48-50(11,12)41(5,6)7)23-30-20-19-28(3)34(39(30)37)22-21-31-24-33(26-38(43)45-31)49-51(13,14)42(8,9)10/h16-20,23,28,31-35,37,39H,15,21-22,24-26H2,1-14H3/t28?,31-,32?,33-,34?,35+,37?,39?/m1/s1. The van der Waals surface area contributed by atoms with E-state index in [4.69, 9.17) is 23.1 Å². The molecule has 8 atom stereocenters. The quantitative estimate of drug-likeness (QED) is 0.156. The van der Waals surface area contributed by atoms with Crippen LogP contribution >= 0.6 is 0 Å². The van der Waals surface area contributed by atoms with Crippen molar-refractivity contribution in [1.82, 2.24) is 0 Å². The van der Waals surface area contributed by atoms with Gasteiger partial charge in [-0.25, -0.2) is 4.79 Å². The molecule has 0 amide bonds. The van der Waals surface area contributed by atoms with E-state index in [9.17, 15) is 9.59 Å². The molecular weight excluding hydrogens is 673 g/mol. The molecule has 1 aliphatic heterocycles. The minimum absolute atomic E-state index is 0.00463. The maximum absolute atomic E-state index is 14.0. The number of fused-ring (bicyclic) bond motifs is 1. The van der Waals surface area contributed by atoms with Gasteiger partial charge in [0.25, 0.3) is 0 Å². The Morgan fingerprint density at radius 1 is 0.961 bits per heavy atom. The van der Waals surface area contributed by atoms with Crippen molar-refractivity contribution in [3.8, 4) is 5.75 Å². The SMILES string of the molecule is CC[C@H](Oc1cccc(C)c1C)C(=O)OC1CC(O[Si](C)(C)C(C)(C)C)C=C2C=CC(C)C(CC[C@@H]3C[C@@H](O[Si](C)(C)C(C)(C)C)CC(=O)O3)C21. The first-order chi connectivity index (χ1) is 23.5. The molecule has 0 aromatic heterocycles. The van der Waals surface area contributed by atoms with E-state index in [0.717, 1.165) is 30.4 Å². The van der Waals surface area contributed by atoms with Crippen LogP contribution in [0.4, 0.5) is 0 Å². The van der Waals surface area contributed by atoms with E-state index < -0.39 is 22.7 Å². The summed E-state index contributed by atoms with van der Waals surface area (Å²) in [5, 5.41) is 0.112. The van der Waals surface area contributed by atoms with E-state index in [0.29, 0.717) is 25.0 Å². The van der Waals surface area contributed by atoms with Crippen molar-refractivity contribution >= 4 is 28.6 Å². The Bertz CT molecular complexity index is 1450. The van der Waals surface area contributed by atoms with Crippen LogP contribution in [0.2, 0.25) is 36.3 Å². The number of carbonyl (C=O) groups is 2. The van der Waals surface area contributed by atoms with Crippen LogP contribution in [0.5, 0.6) is 5.75 Å². The Labute approximate surface area is 311 Å². The van der Waals surface area contributed by atoms with E-state index in [1.807, 2.05) is 39.0 Å². The molecule has 1 heterocycles. The van der Waals surface area contributed by atoms with Gasteiger partial charge in [0.2, 0.25) is 0 Å². The molecule has 1 aromatic carbocycles. The summed E-state index contributed by atoms with van der Waals surface area (Å²) in [7, 11) is -4.15. The van der Waals surface area contributed by atoms with Gasteiger partial charge in [-0.2, -0.15) is 0 Å². The van der Waals surface area contributed by atoms with Crippen LogP contribution in [0, 0.1) is 31.6 Å². The Morgan fingerprint density at radius 2 is 1.61 bits per heavy atom. The molecule has 0 bridgehead atoms. The smallest absolute Gasteiger partial charge is 0.347 e. The normalized spacial score (nSPS) is 28.0. The lowest BCUT2D eigenvalue weighted by Crippen LogP contribution is -2.49. The summed E-state index contributed by atoms with van der Waals surface area (Å²) in [5.74, 6) is 0.684. The zero-order valence-corrected chi connectivity index (χ0v) is 36.2. The van der Waals surface area contributed by atoms with Crippen LogP contribution in [-0.4, -0.2) is 59.1 Å². The van der Waals surface area contributed by atoms with Crippen LogP contribution < -0.4 is 4.74 Å². The first-order valence-corrected chi connectivity index (χ1v) is 25.2. The fourth-order valence-electron chi connectivity index (χ4n) is 7.22. The van der Waals surface area contributed by atoms with Crippen molar-refractivity contribution in [1.29, 1.82) is 0 Å². The van der Waals surface area contributed by atoms with Gasteiger partial charge < -0.3 is 23.1 Å². The molecular formula is C42H68O7Si2. The fraction of sp³-hybridized carbons (Fsp3) is 0.714. The number of rotatable bonds is 12.